The Morgan fingerprint density at radius 1 is 0.818 bits per heavy atom. The molecule has 5 aromatic rings. The van der Waals surface area contributed by atoms with Crippen LogP contribution < -0.4 is 5.69 Å². The Hall–Kier alpha value is -3.91. The number of fused-ring (bicyclic) bond motifs is 1. The zero-order valence-corrected chi connectivity index (χ0v) is 19.2. The molecule has 5 rings (SSSR count). The van der Waals surface area contributed by atoms with E-state index in [9.17, 15) is 13.2 Å². The van der Waals surface area contributed by atoms with Crippen LogP contribution in [0.15, 0.2) is 81.4 Å². The maximum atomic E-state index is 13.2. The van der Waals surface area contributed by atoms with Gasteiger partial charge in [0.15, 0.2) is 0 Å². The van der Waals surface area contributed by atoms with Gasteiger partial charge in [0.1, 0.15) is 5.82 Å². The van der Waals surface area contributed by atoms with Gasteiger partial charge in [-0.25, -0.2) is 18.2 Å². The standard InChI is InChI=1S/C25H22N4O3S/c1-15-4-7-19(8-5-15)33(31,32)20-11-16(2)10-18(12-20)24-26-14-22(27-24)17-6-9-21-23(13-17)29(3)25(30)28-21/h4-14H,1-3H3,(H,26,27)(H,28,30). The van der Waals surface area contributed by atoms with Crippen LogP contribution >= 0.6 is 0 Å². The second-order valence-electron chi connectivity index (χ2n) is 8.22. The predicted molar refractivity (Wildman–Crippen MR) is 128 cm³/mol. The highest BCUT2D eigenvalue weighted by Crippen LogP contribution is 2.29. The quantitative estimate of drug-likeness (QED) is 0.417. The molecular weight excluding hydrogens is 436 g/mol. The first kappa shape index (κ1) is 21.0. The van der Waals surface area contributed by atoms with Gasteiger partial charge in [0.2, 0.25) is 9.84 Å². The molecule has 0 radical (unpaired) electrons. The monoisotopic (exact) mass is 458 g/mol. The van der Waals surface area contributed by atoms with Gasteiger partial charge < -0.3 is 9.97 Å². The number of H-pyrrole nitrogens is 2. The van der Waals surface area contributed by atoms with Crippen molar-refractivity contribution in [3.8, 4) is 22.6 Å². The van der Waals surface area contributed by atoms with E-state index >= 15 is 0 Å². The second kappa shape index (κ2) is 7.60. The van der Waals surface area contributed by atoms with Gasteiger partial charge in [-0.2, -0.15) is 0 Å². The van der Waals surface area contributed by atoms with Crippen molar-refractivity contribution in [1.82, 2.24) is 19.5 Å². The fourth-order valence-corrected chi connectivity index (χ4v) is 5.29. The van der Waals surface area contributed by atoms with Crippen LogP contribution in [0.2, 0.25) is 0 Å². The molecule has 0 aliphatic heterocycles. The lowest BCUT2D eigenvalue weighted by Crippen LogP contribution is -2.11. The van der Waals surface area contributed by atoms with E-state index in [4.69, 9.17) is 0 Å². The van der Waals surface area contributed by atoms with Gasteiger partial charge in [-0.15, -0.1) is 0 Å². The first-order valence-electron chi connectivity index (χ1n) is 10.4. The van der Waals surface area contributed by atoms with Gasteiger partial charge in [-0.3, -0.25) is 4.57 Å². The van der Waals surface area contributed by atoms with Crippen LogP contribution in [0.1, 0.15) is 11.1 Å². The van der Waals surface area contributed by atoms with Crippen LogP contribution in [0, 0.1) is 13.8 Å². The van der Waals surface area contributed by atoms with Crippen LogP contribution in [0.4, 0.5) is 0 Å². The van der Waals surface area contributed by atoms with Gasteiger partial charge >= 0.3 is 5.69 Å². The van der Waals surface area contributed by atoms with E-state index < -0.39 is 9.84 Å². The molecule has 7 nitrogen and oxygen atoms in total. The van der Waals surface area contributed by atoms with Gasteiger partial charge in [-0.05, 0) is 61.9 Å². The third-order valence-electron chi connectivity index (χ3n) is 5.76. The smallest absolute Gasteiger partial charge is 0.326 e. The summed E-state index contributed by atoms with van der Waals surface area (Å²) in [4.78, 5) is 22.9. The van der Waals surface area contributed by atoms with E-state index in [1.54, 1.807) is 54.2 Å². The summed E-state index contributed by atoms with van der Waals surface area (Å²) in [6.45, 7) is 3.78. The topological polar surface area (TPSA) is 101 Å². The molecule has 2 N–H and O–H groups in total. The molecule has 0 unspecified atom stereocenters. The first-order valence-corrected chi connectivity index (χ1v) is 11.9. The molecule has 0 aliphatic rings. The highest BCUT2D eigenvalue weighted by atomic mass is 32.2. The summed E-state index contributed by atoms with van der Waals surface area (Å²) in [5.41, 5.74) is 5.52. The largest absolute Gasteiger partial charge is 0.338 e. The Bertz CT molecular complexity index is 1670. The molecule has 2 aromatic heterocycles. The van der Waals surface area contributed by atoms with Crippen molar-refractivity contribution in [2.45, 2.75) is 23.6 Å². The number of nitrogens with zero attached hydrogens (tertiary/aromatic N) is 2. The lowest BCUT2D eigenvalue weighted by atomic mass is 10.1. The van der Waals surface area contributed by atoms with Crippen molar-refractivity contribution in [2.24, 2.45) is 7.05 Å². The summed E-state index contributed by atoms with van der Waals surface area (Å²) in [6, 6.07) is 17.7. The van der Waals surface area contributed by atoms with Crippen molar-refractivity contribution in [1.29, 1.82) is 0 Å². The number of aryl methyl sites for hydroxylation is 3. The number of nitrogens with one attached hydrogen (secondary N) is 2. The number of benzene rings is 3. The molecule has 0 spiro atoms. The molecule has 0 amide bonds. The molecule has 166 valence electrons. The van der Waals surface area contributed by atoms with Gasteiger partial charge in [-0.1, -0.05) is 23.8 Å². The molecule has 0 bridgehead atoms. The zero-order valence-electron chi connectivity index (χ0n) is 18.4. The highest BCUT2D eigenvalue weighted by molar-refractivity contribution is 7.91. The highest BCUT2D eigenvalue weighted by Gasteiger charge is 2.19. The van der Waals surface area contributed by atoms with Crippen LogP contribution in [0.25, 0.3) is 33.7 Å². The number of imidazole rings is 2. The normalized spacial score (nSPS) is 11.8. The number of sulfone groups is 1. The van der Waals surface area contributed by atoms with Crippen LogP contribution in [-0.2, 0) is 16.9 Å². The van der Waals surface area contributed by atoms with Crippen molar-refractivity contribution in [3.05, 3.63) is 88.5 Å². The third kappa shape index (κ3) is 3.68. The number of rotatable bonds is 4. The number of hydrogen-bond acceptors (Lipinski definition) is 4. The van der Waals surface area contributed by atoms with Crippen molar-refractivity contribution < 1.29 is 8.42 Å². The molecule has 33 heavy (non-hydrogen) atoms. The van der Waals surface area contributed by atoms with Gasteiger partial charge in [0, 0.05) is 18.2 Å². The Labute approximate surface area is 190 Å². The van der Waals surface area contributed by atoms with E-state index in [0.717, 1.165) is 33.4 Å². The van der Waals surface area contributed by atoms with Crippen LogP contribution in [-0.4, -0.2) is 27.9 Å². The first-order chi connectivity index (χ1) is 15.7. The molecule has 0 aliphatic carbocycles. The number of hydrogen-bond donors (Lipinski definition) is 2. The maximum absolute atomic E-state index is 13.2. The molecule has 0 atom stereocenters. The molecular formula is C25H22N4O3S. The molecule has 0 saturated carbocycles. The van der Waals surface area contributed by atoms with Crippen LogP contribution in [0.5, 0.6) is 0 Å². The summed E-state index contributed by atoms with van der Waals surface area (Å²) in [7, 11) is -1.94. The maximum Gasteiger partial charge on any atom is 0.326 e. The van der Waals surface area contributed by atoms with Gasteiger partial charge in [0.05, 0.1) is 32.7 Å². The minimum absolute atomic E-state index is 0.172. The molecule has 2 heterocycles. The summed E-state index contributed by atoms with van der Waals surface area (Å²) >= 11 is 0. The minimum atomic E-state index is -3.66. The lowest BCUT2D eigenvalue weighted by Gasteiger charge is -2.08. The third-order valence-corrected chi connectivity index (χ3v) is 7.51. The van der Waals surface area contributed by atoms with Gasteiger partial charge in [0.25, 0.3) is 0 Å². The molecule has 3 aromatic carbocycles. The van der Waals surface area contributed by atoms with E-state index in [2.05, 4.69) is 15.0 Å². The number of aromatic nitrogens is 4. The Kier molecular flexibility index (Phi) is 4.83. The average Bonchev–Trinajstić information content (AvgIpc) is 3.39. The van der Waals surface area contributed by atoms with E-state index in [1.807, 2.05) is 38.1 Å². The Balaban J connectivity index is 1.55. The number of aromatic amines is 2. The van der Waals surface area contributed by atoms with Crippen LogP contribution in [0.3, 0.4) is 0 Å². The van der Waals surface area contributed by atoms with Crippen molar-refractivity contribution in [3.63, 3.8) is 0 Å². The summed E-state index contributed by atoms with van der Waals surface area (Å²) in [5.74, 6) is 0.567. The summed E-state index contributed by atoms with van der Waals surface area (Å²) in [5, 5.41) is 0. The molecule has 8 heteroatoms. The predicted octanol–water partition coefficient (Wildman–Crippen LogP) is 4.37. The summed E-state index contributed by atoms with van der Waals surface area (Å²) < 4.78 is 28.0. The SMILES string of the molecule is Cc1ccc(S(=O)(=O)c2cc(C)cc(-c3ncc(-c4ccc5[nH]c(=O)n(C)c5c4)[nH]3)c2)cc1. The fraction of sp³-hybridized carbons (Fsp3) is 0.120. The van der Waals surface area contributed by atoms with Crippen molar-refractivity contribution >= 4 is 20.9 Å². The van der Waals surface area contributed by atoms with Crippen molar-refractivity contribution in [2.75, 3.05) is 0 Å². The average molecular weight is 459 g/mol. The molecule has 0 saturated heterocycles. The lowest BCUT2D eigenvalue weighted by molar-refractivity contribution is 0.596. The summed E-state index contributed by atoms with van der Waals surface area (Å²) in [6.07, 6.45) is 1.71. The van der Waals surface area contributed by atoms with E-state index in [0.29, 0.717) is 11.4 Å². The zero-order chi connectivity index (χ0) is 23.3. The minimum Gasteiger partial charge on any atom is -0.338 e. The van der Waals surface area contributed by atoms with E-state index in [1.165, 1.54) is 0 Å². The Morgan fingerprint density at radius 3 is 2.33 bits per heavy atom. The molecule has 0 fully saturated rings. The fourth-order valence-electron chi connectivity index (χ4n) is 3.90. The second-order valence-corrected chi connectivity index (χ2v) is 10.2. The Morgan fingerprint density at radius 2 is 1.58 bits per heavy atom. The van der Waals surface area contributed by atoms with E-state index in [-0.39, 0.29) is 15.5 Å².